The molecule has 37 heavy (non-hydrogen) atoms. The molecule has 1 aromatic carbocycles. The summed E-state index contributed by atoms with van der Waals surface area (Å²) in [6, 6.07) is 6.65. The average molecular weight is 539 g/mol. The molecule has 190 valence electrons. The number of rotatable bonds is 5. The van der Waals surface area contributed by atoms with Crippen molar-refractivity contribution in [3.63, 3.8) is 0 Å². The number of nitrogens with one attached hydrogen (secondary N) is 1. The molecule has 1 saturated heterocycles. The van der Waals surface area contributed by atoms with Crippen LogP contribution in [-0.4, -0.2) is 73.6 Å². The Kier molecular flexibility index (Phi) is 8.75. The van der Waals surface area contributed by atoms with Gasteiger partial charge in [-0.2, -0.15) is 12.7 Å². The van der Waals surface area contributed by atoms with Crippen LogP contribution in [0.1, 0.15) is 32.8 Å². The van der Waals surface area contributed by atoms with Gasteiger partial charge in [-0.15, -0.1) is 0 Å². The van der Waals surface area contributed by atoms with E-state index in [9.17, 15) is 27.5 Å². The predicted octanol–water partition coefficient (Wildman–Crippen LogP) is -2.13. The van der Waals surface area contributed by atoms with Crippen LogP contribution in [-0.2, 0) is 16.8 Å². The van der Waals surface area contributed by atoms with Gasteiger partial charge >= 0.3 is 39.8 Å². The van der Waals surface area contributed by atoms with Crippen LogP contribution in [0.3, 0.4) is 0 Å². The fourth-order valence-electron chi connectivity index (χ4n) is 3.89. The van der Waals surface area contributed by atoms with Crippen LogP contribution >= 0.6 is 0 Å². The van der Waals surface area contributed by atoms with Gasteiger partial charge in [0.2, 0.25) is 0 Å². The van der Waals surface area contributed by atoms with Crippen molar-refractivity contribution < 1.29 is 57.1 Å². The molecule has 1 aliphatic heterocycles. The van der Waals surface area contributed by atoms with Crippen molar-refractivity contribution in [1.29, 1.82) is 0 Å². The fraction of sp³-hybridized carbons (Fsp3) is 0.304. The fourth-order valence-corrected chi connectivity index (χ4v) is 5.31. The second kappa shape index (κ2) is 11.3. The molecule has 2 amide bonds. The van der Waals surface area contributed by atoms with Gasteiger partial charge in [0.15, 0.2) is 5.82 Å². The summed E-state index contributed by atoms with van der Waals surface area (Å²) in [5, 5.41) is 15.8. The number of anilines is 1. The molecule has 4 rings (SSSR count). The summed E-state index contributed by atoms with van der Waals surface area (Å²) < 4.78 is 41.9. The molecule has 1 N–H and O–H groups in total. The zero-order valence-electron chi connectivity index (χ0n) is 20.9. The SMILES string of the molecule is CN(C)C(=O)c1cc(F)ccc1CNC(=O)c1nc(N2CCCN(C)S2(=O)=O)c2cccnc2c1[O-].[Na+]. The molecule has 0 aliphatic carbocycles. The molecule has 1 aliphatic rings. The Morgan fingerprint density at radius 3 is 2.65 bits per heavy atom. The molecule has 0 saturated carbocycles. The first-order valence-corrected chi connectivity index (χ1v) is 12.4. The van der Waals surface area contributed by atoms with Gasteiger partial charge in [0, 0.05) is 57.9 Å². The zero-order valence-corrected chi connectivity index (χ0v) is 23.7. The minimum absolute atomic E-state index is 0. The largest absolute Gasteiger partial charge is 1.00 e. The van der Waals surface area contributed by atoms with Crippen LogP contribution in [0.4, 0.5) is 10.2 Å². The molecule has 0 bridgehead atoms. The quantitative estimate of drug-likeness (QED) is 0.366. The number of benzene rings is 1. The first-order chi connectivity index (χ1) is 17.0. The van der Waals surface area contributed by atoms with Crippen molar-refractivity contribution in [2.45, 2.75) is 13.0 Å². The maximum Gasteiger partial charge on any atom is 1.00 e. The number of amides is 2. The average Bonchev–Trinajstić information content (AvgIpc) is 2.85. The molecule has 14 heteroatoms. The van der Waals surface area contributed by atoms with E-state index in [2.05, 4.69) is 15.3 Å². The van der Waals surface area contributed by atoms with Crippen LogP contribution < -0.4 is 44.3 Å². The number of fused-ring (bicyclic) bond motifs is 1. The van der Waals surface area contributed by atoms with E-state index in [-0.39, 0.29) is 64.9 Å². The standard InChI is InChI=1S/C23H25FN6O5S.Na/c1-28(2)23(33)17-12-15(24)8-7-14(17)13-26-22(32)19-20(31)18-16(6-4-9-25-18)21(27-19)30-11-5-10-29(3)36(30,34)35;/h4,6-9,12,31H,5,10-11,13H2,1-3H3,(H,26,32);/q;+1/p-1. The van der Waals surface area contributed by atoms with E-state index in [1.807, 2.05) is 0 Å². The number of halogens is 1. The Morgan fingerprint density at radius 2 is 1.95 bits per heavy atom. The van der Waals surface area contributed by atoms with Gasteiger partial charge in [-0.25, -0.2) is 13.7 Å². The maximum absolute atomic E-state index is 13.8. The molecule has 0 radical (unpaired) electrons. The summed E-state index contributed by atoms with van der Waals surface area (Å²) in [6.45, 7) is 0.248. The van der Waals surface area contributed by atoms with Crippen LogP contribution in [0.2, 0.25) is 0 Å². The van der Waals surface area contributed by atoms with Crippen LogP contribution in [0.5, 0.6) is 5.75 Å². The van der Waals surface area contributed by atoms with Crippen molar-refractivity contribution in [1.82, 2.24) is 24.5 Å². The van der Waals surface area contributed by atoms with E-state index < -0.39 is 39.3 Å². The van der Waals surface area contributed by atoms with Crippen molar-refractivity contribution >= 4 is 38.7 Å². The van der Waals surface area contributed by atoms with Gasteiger partial charge < -0.3 is 15.3 Å². The van der Waals surface area contributed by atoms with Crippen molar-refractivity contribution in [3.8, 4) is 5.75 Å². The molecule has 0 unspecified atom stereocenters. The first kappa shape index (κ1) is 28.7. The molecular formula is C23H24FN6NaO5S. The van der Waals surface area contributed by atoms with E-state index in [1.165, 1.54) is 48.7 Å². The minimum Gasteiger partial charge on any atom is -0.869 e. The van der Waals surface area contributed by atoms with Crippen molar-refractivity contribution in [2.24, 2.45) is 0 Å². The maximum atomic E-state index is 13.8. The Labute approximate surface area is 235 Å². The molecule has 3 aromatic rings. The Bertz CT molecular complexity index is 1470. The Morgan fingerprint density at radius 1 is 1.22 bits per heavy atom. The summed E-state index contributed by atoms with van der Waals surface area (Å²) in [5.74, 6) is -2.79. The third-order valence-corrected chi connectivity index (χ3v) is 7.69. The number of hydrogen-bond donors (Lipinski definition) is 1. The van der Waals surface area contributed by atoms with Gasteiger partial charge in [0.1, 0.15) is 11.5 Å². The van der Waals surface area contributed by atoms with Crippen molar-refractivity contribution in [3.05, 3.63) is 59.2 Å². The summed E-state index contributed by atoms with van der Waals surface area (Å²) in [6.07, 6.45) is 1.89. The number of carbonyl (C=O) groups is 2. The molecule has 2 aromatic heterocycles. The molecule has 11 nitrogen and oxygen atoms in total. The van der Waals surface area contributed by atoms with E-state index in [0.717, 1.165) is 16.4 Å². The smallest absolute Gasteiger partial charge is 0.869 e. The van der Waals surface area contributed by atoms with Gasteiger partial charge in [-0.3, -0.25) is 14.6 Å². The van der Waals surface area contributed by atoms with E-state index >= 15 is 0 Å². The van der Waals surface area contributed by atoms with Crippen LogP contribution in [0.15, 0.2) is 36.5 Å². The van der Waals surface area contributed by atoms with E-state index in [4.69, 9.17) is 0 Å². The number of hydrogen-bond acceptors (Lipinski definition) is 7. The summed E-state index contributed by atoms with van der Waals surface area (Å²) in [5.41, 5.74) is -0.252. The minimum atomic E-state index is -3.92. The third kappa shape index (κ3) is 5.55. The Hall–Kier alpha value is -2.84. The van der Waals surface area contributed by atoms with Gasteiger partial charge in [0.25, 0.3) is 11.8 Å². The zero-order chi connectivity index (χ0) is 26.2. The molecule has 3 heterocycles. The van der Waals surface area contributed by atoms with Crippen LogP contribution in [0, 0.1) is 5.82 Å². The predicted molar refractivity (Wildman–Crippen MR) is 128 cm³/mol. The summed E-state index contributed by atoms with van der Waals surface area (Å²) in [7, 11) is 0.543. The first-order valence-electron chi connectivity index (χ1n) is 11.0. The Balaban J connectivity index is 0.00000380. The normalized spacial score (nSPS) is 15.2. The third-order valence-electron chi connectivity index (χ3n) is 5.80. The topological polar surface area (TPSA) is 139 Å². The van der Waals surface area contributed by atoms with Crippen LogP contribution in [0.25, 0.3) is 10.9 Å². The van der Waals surface area contributed by atoms with Gasteiger partial charge in [-0.1, -0.05) is 6.07 Å². The second-order valence-corrected chi connectivity index (χ2v) is 10.4. The number of nitrogens with zero attached hydrogens (tertiary/aromatic N) is 5. The van der Waals surface area contributed by atoms with Crippen molar-refractivity contribution in [2.75, 3.05) is 38.5 Å². The number of pyridine rings is 2. The van der Waals surface area contributed by atoms with Gasteiger partial charge in [-0.05, 0) is 42.0 Å². The molecular weight excluding hydrogens is 514 g/mol. The molecule has 0 atom stereocenters. The number of aromatic nitrogens is 2. The van der Waals surface area contributed by atoms with E-state index in [1.54, 1.807) is 6.07 Å². The summed E-state index contributed by atoms with van der Waals surface area (Å²) >= 11 is 0. The molecule has 0 spiro atoms. The second-order valence-electron chi connectivity index (χ2n) is 8.45. The number of carbonyl (C=O) groups excluding carboxylic acids is 2. The summed E-state index contributed by atoms with van der Waals surface area (Å²) in [4.78, 5) is 35.1. The monoisotopic (exact) mass is 538 g/mol. The molecule has 1 fully saturated rings. The van der Waals surface area contributed by atoms with Gasteiger partial charge in [0.05, 0.1) is 5.52 Å². The van der Waals surface area contributed by atoms with E-state index in [0.29, 0.717) is 18.5 Å².